The lowest BCUT2D eigenvalue weighted by atomic mass is 10.0. The molecule has 164 valence electrons. The quantitative estimate of drug-likeness (QED) is 0.627. The molecule has 0 spiro atoms. The average molecular weight is 452 g/mol. The lowest BCUT2D eigenvalue weighted by Crippen LogP contribution is -2.48. The number of nitrogens with zero attached hydrogens (tertiary/aromatic N) is 2. The summed E-state index contributed by atoms with van der Waals surface area (Å²) in [4.78, 5) is 0.171. The van der Waals surface area contributed by atoms with Gasteiger partial charge in [0.1, 0.15) is 0 Å². The largest absolute Gasteiger partial charge is 0.314 e. The van der Waals surface area contributed by atoms with Crippen LogP contribution >= 0.6 is 0 Å². The van der Waals surface area contributed by atoms with Gasteiger partial charge in [-0.1, -0.05) is 55.5 Å². The highest BCUT2D eigenvalue weighted by Crippen LogP contribution is 2.22. The van der Waals surface area contributed by atoms with Crippen LogP contribution in [0, 0.1) is 0 Å². The van der Waals surface area contributed by atoms with Gasteiger partial charge in [-0.3, -0.25) is 0 Å². The van der Waals surface area contributed by atoms with Crippen molar-refractivity contribution >= 4 is 20.0 Å². The first-order valence-electron chi connectivity index (χ1n) is 10.1. The summed E-state index contributed by atoms with van der Waals surface area (Å²) in [6, 6.07) is 17.8. The van der Waals surface area contributed by atoms with Crippen LogP contribution in [0.5, 0.6) is 0 Å². The fourth-order valence-corrected chi connectivity index (χ4v) is 6.63. The van der Waals surface area contributed by atoms with Crippen LogP contribution in [0.4, 0.5) is 0 Å². The van der Waals surface area contributed by atoms with Gasteiger partial charge in [0.2, 0.25) is 20.0 Å². The highest BCUT2D eigenvalue weighted by molar-refractivity contribution is 7.90. The van der Waals surface area contributed by atoms with Gasteiger partial charge in [-0.15, -0.1) is 0 Å². The Morgan fingerprint density at radius 3 is 2.10 bits per heavy atom. The number of nitrogens with one attached hydrogen (secondary N) is 1. The van der Waals surface area contributed by atoms with Crippen molar-refractivity contribution in [3.8, 4) is 0 Å². The maximum Gasteiger partial charge on any atom is 0.243 e. The fraction of sp³-hybridized carbons (Fsp3) is 0.429. The molecule has 9 heteroatoms. The molecule has 0 radical (unpaired) electrons. The lowest BCUT2D eigenvalue weighted by Gasteiger charge is -2.29. The molecule has 0 aliphatic carbocycles. The monoisotopic (exact) mass is 451 g/mol. The van der Waals surface area contributed by atoms with Gasteiger partial charge in [-0.25, -0.2) is 16.8 Å². The summed E-state index contributed by atoms with van der Waals surface area (Å²) >= 11 is 0. The molecule has 0 aromatic heterocycles. The Bertz CT molecular complexity index is 1010. The smallest absolute Gasteiger partial charge is 0.243 e. The molecule has 1 aliphatic rings. The molecule has 0 saturated carbocycles. The van der Waals surface area contributed by atoms with Crippen molar-refractivity contribution < 1.29 is 16.8 Å². The molecule has 0 amide bonds. The second-order valence-electron chi connectivity index (χ2n) is 7.45. The van der Waals surface area contributed by atoms with Crippen molar-refractivity contribution in [2.75, 3.05) is 45.0 Å². The maximum atomic E-state index is 13.3. The Morgan fingerprint density at radius 2 is 1.50 bits per heavy atom. The molecule has 2 aromatic rings. The maximum absolute atomic E-state index is 13.3. The minimum absolute atomic E-state index is 0.0772. The third kappa shape index (κ3) is 5.67. The third-order valence-corrected chi connectivity index (χ3v) is 9.02. The Hall–Kier alpha value is -1.78. The summed E-state index contributed by atoms with van der Waals surface area (Å²) < 4.78 is 54.9. The van der Waals surface area contributed by atoms with E-state index in [0.717, 1.165) is 5.56 Å². The topological polar surface area (TPSA) is 86.8 Å². The highest BCUT2D eigenvalue weighted by atomic mass is 32.2. The Morgan fingerprint density at radius 1 is 0.933 bits per heavy atom. The van der Waals surface area contributed by atoms with Crippen LogP contribution in [0.25, 0.3) is 0 Å². The Balaban J connectivity index is 1.82. The molecule has 1 fully saturated rings. The summed E-state index contributed by atoms with van der Waals surface area (Å²) in [5, 5.41) is 3.13. The summed E-state index contributed by atoms with van der Waals surface area (Å²) in [7, 11) is -7.35. The number of piperazine rings is 1. The molecule has 3 rings (SSSR count). The van der Waals surface area contributed by atoms with Gasteiger partial charge < -0.3 is 5.32 Å². The van der Waals surface area contributed by atoms with Gasteiger partial charge in [-0.2, -0.15) is 8.61 Å². The summed E-state index contributed by atoms with van der Waals surface area (Å²) in [5.41, 5.74) is 1.01. The molecule has 1 aliphatic heterocycles. The van der Waals surface area contributed by atoms with Crippen molar-refractivity contribution in [2.24, 2.45) is 0 Å². The molecule has 1 N–H and O–H groups in total. The van der Waals surface area contributed by atoms with E-state index in [-0.39, 0.29) is 29.7 Å². The molecule has 2 aromatic carbocycles. The van der Waals surface area contributed by atoms with Crippen LogP contribution in [-0.4, -0.2) is 70.5 Å². The number of benzene rings is 2. The zero-order valence-electron chi connectivity index (χ0n) is 17.1. The molecular weight excluding hydrogens is 422 g/mol. The lowest BCUT2D eigenvalue weighted by molar-refractivity contribution is 0.354. The van der Waals surface area contributed by atoms with E-state index in [0.29, 0.717) is 26.2 Å². The van der Waals surface area contributed by atoms with Crippen LogP contribution in [0.15, 0.2) is 65.6 Å². The van der Waals surface area contributed by atoms with Gasteiger partial charge >= 0.3 is 0 Å². The van der Waals surface area contributed by atoms with Crippen molar-refractivity contribution in [2.45, 2.75) is 17.7 Å². The minimum atomic E-state index is -3.82. The molecule has 1 unspecified atom stereocenters. The summed E-state index contributed by atoms with van der Waals surface area (Å²) in [6.07, 6.45) is 0. The standard InChI is InChI=1S/C21H29N3O4S2/c1-19(20-8-4-2-5-9-20)18-24(30(27,28)21-10-6-3-7-11-21)16-17-29(25,26)23-14-12-22-13-15-23/h2-11,19,22H,12-18H2,1H3. The van der Waals surface area contributed by atoms with Gasteiger partial charge in [0.15, 0.2) is 0 Å². The first-order valence-corrected chi connectivity index (χ1v) is 13.1. The Labute approximate surface area is 179 Å². The minimum Gasteiger partial charge on any atom is -0.314 e. The van der Waals surface area contributed by atoms with E-state index in [1.54, 1.807) is 30.3 Å². The van der Waals surface area contributed by atoms with E-state index in [9.17, 15) is 16.8 Å². The molecule has 1 saturated heterocycles. The third-order valence-electron chi connectivity index (χ3n) is 5.30. The number of hydrogen-bond donors (Lipinski definition) is 1. The van der Waals surface area contributed by atoms with E-state index >= 15 is 0 Å². The van der Waals surface area contributed by atoms with E-state index in [2.05, 4.69) is 5.32 Å². The van der Waals surface area contributed by atoms with E-state index < -0.39 is 20.0 Å². The van der Waals surface area contributed by atoms with E-state index in [4.69, 9.17) is 0 Å². The first-order chi connectivity index (χ1) is 14.3. The van der Waals surface area contributed by atoms with E-state index in [1.807, 2.05) is 37.3 Å². The second kappa shape index (κ2) is 10.0. The van der Waals surface area contributed by atoms with Crippen LogP contribution in [0.3, 0.4) is 0 Å². The molecule has 30 heavy (non-hydrogen) atoms. The van der Waals surface area contributed by atoms with Crippen LogP contribution in [0.1, 0.15) is 18.4 Å². The van der Waals surface area contributed by atoms with Crippen LogP contribution < -0.4 is 5.32 Å². The van der Waals surface area contributed by atoms with Gasteiger partial charge in [0.25, 0.3) is 0 Å². The predicted molar refractivity (Wildman–Crippen MR) is 118 cm³/mol. The first kappa shape index (κ1) is 22.9. The predicted octanol–water partition coefficient (Wildman–Crippen LogP) is 1.72. The van der Waals surface area contributed by atoms with Gasteiger partial charge in [0.05, 0.1) is 10.6 Å². The molecule has 1 heterocycles. The summed E-state index contributed by atoms with van der Waals surface area (Å²) in [5.74, 6) is -0.313. The fourth-order valence-electron chi connectivity index (χ4n) is 3.51. The van der Waals surface area contributed by atoms with Crippen LogP contribution in [-0.2, 0) is 20.0 Å². The molecule has 0 bridgehead atoms. The number of sulfonamides is 2. The normalized spacial score (nSPS) is 17.1. The van der Waals surface area contributed by atoms with Crippen LogP contribution in [0.2, 0.25) is 0 Å². The summed E-state index contributed by atoms with van der Waals surface area (Å²) in [6.45, 7) is 4.11. The number of rotatable bonds is 9. The van der Waals surface area contributed by atoms with Gasteiger partial charge in [-0.05, 0) is 23.6 Å². The molecular formula is C21H29N3O4S2. The Kier molecular flexibility index (Phi) is 7.65. The SMILES string of the molecule is CC(CN(CCS(=O)(=O)N1CCNCC1)S(=O)(=O)c1ccccc1)c1ccccc1. The second-order valence-corrected chi connectivity index (χ2v) is 11.5. The highest BCUT2D eigenvalue weighted by Gasteiger charge is 2.30. The average Bonchev–Trinajstić information content (AvgIpc) is 2.78. The molecule has 1 atom stereocenters. The number of hydrogen-bond acceptors (Lipinski definition) is 5. The molecule has 7 nitrogen and oxygen atoms in total. The zero-order chi connectivity index (χ0) is 21.6. The van der Waals surface area contributed by atoms with E-state index in [1.165, 1.54) is 8.61 Å². The van der Waals surface area contributed by atoms with Crippen molar-refractivity contribution in [1.82, 2.24) is 13.9 Å². The van der Waals surface area contributed by atoms with Crippen molar-refractivity contribution in [3.63, 3.8) is 0 Å². The van der Waals surface area contributed by atoms with Gasteiger partial charge in [0, 0.05) is 39.3 Å². The van der Waals surface area contributed by atoms with Crippen molar-refractivity contribution in [3.05, 3.63) is 66.2 Å². The zero-order valence-corrected chi connectivity index (χ0v) is 18.8. The van der Waals surface area contributed by atoms with Crippen molar-refractivity contribution in [1.29, 1.82) is 0 Å².